The second-order valence-corrected chi connectivity index (χ2v) is 6.23. The van der Waals surface area contributed by atoms with Crippen LogP contribution in [0.4, 0.5) is 0 Å². The average molecular weight is 338 g/mol. The molecule has 1 amide bonds. The fourth-order valence-electron chi connectivity index (χ4n) is 2.63. The molecule has 0 aliphatic heterocycles. The van der Waals surface area contributed by atoms with Crippen molar-refractivity contribution in [1.29, 1.82) is 0 Å². The van der Waals surface area contributed by atoms with Gasteiger partial charge in [0.1, 0.15) is 12.0 Å². The first-order valence-electron chi connectivity index (χ1n) is 8.26. The quantitative estimate of drug-likeness (QED) is 0.735. The third-order valence-corrected chi connectivity index (χ3v) is 4.26. The van der Waals surface area contributed by atoms with Crippen molar-refractivity contribution in [3.05, 3.63) is 54.3 Å². The molecule has 128 valence electrons. The van der Waals surface area contributed by atoms with Gasteiger partial charge in [0, 0.05) is 11.7 Å². The minimum Gasteiger partial charge on any atom is -0.448 e. The number of oxazole rings is 1. The predicted octanol–water partition coefficient (Wildman–Crippen LogP) is 1.77. The summed E-state index contributed by atoms with van der Waals surface area (Å²) in [6.07, 6.45) is 9.07. The van der Waals surface area contributed by atoms with Gasteiger partial charge < -0.3 is 9.73 Å². The van der Waals surface area contributed by atoms with Gasteiger partial charge in [-0.15, -0.1) is 0 Å². The molecule has 3 aromatic rings. The molecule has 8 heteroatoms. The first kappa shape index (κ1) is 15.5. The first-order chi connectivity index (χ1) is 12.2. The van der Waals surface area contributed by atoms with Crippen LogP contribution in [0.1, 0.15) is 41.8 Å². The number of hydrogen-bond acceptors (Lipinski definition) is 6. The lowest BCUT2D eigenvalue weighted by molar-refractivity contribution is 0.0930. The maximum atomic E-state index is 12.2. The molecule has 1 fully saturated rings. The highest BCUT2D eigenvalue weighted by molar-refractivity contribution is 5.92. The van der Waals surface area contributed by atoms with Crippen LogP contribution in [-0.2, 0) is 6.42 Å². The molecule has 0 aromatic carbocycles. The Morgan fingerprint density at radius 3 is 2.84 bits per heavy atom. The molecule has 8 nitrogen and oxygen atoms in total. The number of nitrogens with zero attached hydrogens (tertiary/aromatic N) is 5. The van der Waals surface area contributed by atoms with Crippen molar-refractivity contribution >= 4 is 5.91 Å². The molecule has 1 saturated carbocycles. The number of amides is 1. The lowest BCUT2D eigenvalue weighted by Gasteiger charge is -2.10. The second kappa shape index (κ2) is 6.46. The van der Waals surface area contributed by atoms with E-state index < -0.39 is 0 Å². The van der Waals surface area contributed by atoms with Crippen molar-refractivity contribution in [3.63, 3.8) is 0 Å². The van der Waals surface area contributed by atoms with Gasteiger partial charge in [-0.3, -0.25) is 9.78 Å². The van der Waals surface area contributed by atoms with E-state index in [1.54, 1.807) is 18.6 Å². The van der Waals surface area contributed by atoms with Crippen LogP contribution in [0, 0.1) is 5.92 Å². The summed E-state index contributed by atoms with van der Waals surface area (Å²) in [5.41, 5.74) is 1.87. The van der Waals surface area contributed by atoms with Gasteiger partial charge in [0.15, 0.2) is 5.69 Å². The topological polar surface area (TPSA) is 98.7 Å². The van der Waals surface area contributed by atoms with Gasteiger partial charge in [-0.2, -0.15) is 15.0 Å². The summed E-state index contributed by atoms with van der Waals surface area (Å²) < 4.78 is 5.41. The van der Waals surface area contributed by atoms with E-state index in [0.29, 0.717) is 23.9 Å². The van der Waals surface area contributed by atoms with E-state index in [1.165, 1.54) is 23.9 Å². The lowest BCUT2D eigenvalue weighted by atomic mass is 10.2. The molecule has 25 heavy (non-hydrogen) atoms. The zero-order valence-electron chi connectivity index (χ0n) is 13.8. The van der Waals surface area contributed by atoms with Crippen molar-refractivity contribution in [2.24, 2.45) is 5.92 Å². The van der Waals surface area contributed by atoms with E-state index in [9.17, 15) is 4.79 Å². The highest BCUT2D eigenvalue weighted by Crippen LogP contribution is 2.32. The van der Waals surface area contributed by atoms with Crippen LogP contribution in [0.15, 0.2) is 41.4 Å². The number of nitrogens with one attached hydrogen (secondary N) is 1. The van der Waals surface area contributed by atoms with Crippen molar-refractivity contribution in [1.82, 2.24) is 30.3 Å². The summed E-state index contributed by atoms with van der Waals surface area (Å²) in [5.74, 6) is 0.867. The van der Waals surface area contributed by atoms with E-state index >= 15 is 0 Å². The van der Waals surface area contributed by atoms with Crippen LogP contribution in [0.5, 0.6) is 0 Å². The van der Waals surface area contributed by atoms with Gasteiger partial charge in [-0.25, -0.2) is 4.98 Å². The number of carbonyl (C=O) groups is 1. The van der Waals surface area contributed by atoms with Crippen molar-refractivity contribution in [2.45, 2.75) is 32.2 Å². The molecular formula is C17H18N6O2. The Balaban J connectivity index is 1.39. The van der Waals surface area contributed by atoms with E-state index in [1.807, 2.05) is 19.1 Å². The average Bonchev–Trinajstić information content (AvgIpc) is 3.13. The zero-order chi connectivity index (χ0) is 17.2. The Hall–Kier alpha value is -3.03. The molecule has 1 atom stereocenters. The smallest absolute Gasteiger partial charge is 0.273 e. The molecule has 0 saturated heterocycles. The molecule has 1 aliphatic rings. The van der Waals surface area contributed by atoms with Gasteiger partial charge in [0.25, 0.3) is 5.91 Å². The highest BCUT2D eigenvalue weighted by atomic mass is 16.3. The Kier molecular flexibility index (Phi) is 4.01. The molecular weight excluding hydrogens is 320 g/mol. The highest BCUT2D eigenvalue weighted by Gasteiger charge is 2.29. The SMILES string of the molecule is C[C@@H](NC(=O)c1coc(Cc2ccc(-n3nccn3)cn2)n1)C1CC1. The Morgan fingerprint density at radius 2 is 2.16 bits per heavy atom. The largest absolute Gasteiger partial charge is 0.448 e. The van der Waals surface area contributed by atoms with Gasteiger partial charge in [0.05, 0.1) is 25.0 Å². The summed E-state index contributed by atoms with van der Waals surface area (Å²) in [6, 6.07) is 3.91. The summed E-state index contributed by atoms with van der Waals surface area (Å²) in [7, 11) is 0. The molecule has 0 unspecified atom stereocenters. The summed E-state index contributed by atoms with van der Waals surface area (Å²) in [5, 5.41) is 11.1. The molecule has 1 aliphatic carbocycles. The Morgan fingerprint density at radius 1 is 1.36 bits per heavy atom. The fraction of sp³-hybridized carbons (Fsp3) is 0.353. The number of aromatic nitrogens is 5. The van der Waals surface area contributed by atoms with Crippen molar-refractivity contribution < 1.29 is 9.21 Å². The van der Waals surface area contributed by atoms with Gasteiger partial charge in [0.2, 0.25) is 5.89 Å². The van der Waals surface area contributed by atoms with Gasteiger partial charge in [-0.05, 0) is 37.8 Å². The number of pyridine rings is 1. The molecule has 0 bridgehead atoms. The van der Waals surface area contributed by atoms with Crippen LogP contribution in [0.25, 0.3) is 5.69 Å². The normalized spacial score (nSPS) is 15.1. The van der Waals surface area contributed by atoms with Crippen LogP contribution >= 0.6 is 0 Å². The molecule has 1 N–H and O–H groups in total. The van der Waals surface area contributed by atoms with Crippen molar-refractivity contribution in [2.75, 3.05) is 0 Å². The molecule has 3 aromatic heterocycles. The maximum Gasteiger partial charge on any atom is 0.273 e. The monoisotopic (exact) mass is 338 g/mol. The summed E-state index contributed by atoms with van der Waals surface area (Å²) >= 11 is 0. The minimum atomic E-state index is -0.192. The second-order valence-electron chi connectivity index (χ2n) is 6.23. The van der Waals surface area contributed by atoms with Crippen molar-refractivity contribution in [3.8, 4) is 5.69 Å². The number of hydrogen-bond donors (Lipinski definition) is 1. The Labute approximate surface area is 144 Å². The first-order valence-corrected chi connectivity index (χ1v) is 8.26. The number of rotatable bonds is 6. The molecule has 4 rings (SSSR count). The minimum absolute atomic E-state index is 0.178. The van der Waals surface area contributed by atoms with E-state index in [-0.39, 0.29) is 11.9 Å². The van der Waals surface area contributed by atoms with Crippen LogP contribution in [0.2, 0.25) is 0 Å². The fourth-order valence-corrected chi connectivity index (χ4v) is 2.63. The van der Waals surface area contributed by atoms with Gasteiger partial charge in [-0.1, -0.05) is 0 Å². The summed E-state index contributed by atoms with van der Waals surface area (Å²) in [6.45, 7) is 2.02. The standard InChI is InChI=1S/C17H18N6O2/c1-11(12-2-3-12)21-17(24)15-10-25-16(22-15)8-13-4-5-14(9-18-13)23-19-6-7-20-23/h4-7,9-12H,2-3,8H2,1H3,(H,21,24)/t11-/m1/s1. The zero-order valence-corrected chi connectivity index (χ0v) is 13.8. The van der Waals surface area contributed by atoms with E-state index in [0.717, 1.165) is 11.4 Å². The van der Waals surface area contributed by atoms with Gasteiger partial charge >= 0.3 is 0 Å². The third-order valence-electron chi connectivity index (χ3n) is 4.26. The maximum absolute atomic E-state index is 12.2. The lowest BCUT2D eigenvalue weighted by Crippen LogP contribution is -2.34. The third kappa shape index (κ3) is 3.57. The molecule has 0 radical (unpaired) electrons. The summed E-state index contributed by atoms with van der Waals surface area (Å²) in [4.78, 5) is 22.3. The number of carbonyl (C=O) groups excluding carboxylic acids is 1. The van der Waals surface area contributed by atoms with Crippen LogP contribution in [-0.4, -0.2) is 36.9 Å². The van der Waals surface area contributed by atoms with Crippen LogP contribution < -0.4 is 5.32 Å². The molecule has 3 heterocycles. The predicted molar refractivity (Wildman–Crippen MR) is 88.1 cm³/mol. The van der Waals surface area contributed by atoms with Crippen LogP contribution in [0.3, 0.4) is 0 Å². The molecule has 0 spiro atoms. The van der Waals surface area contributed by atoms with E-state index in [4.69, 9.17) is 4.42 Å². The Bertz CT molecular complexity index is 852. The van der Waals surface area contributed by atoms with E-state index in [2.05, 4.69) is 25.5 Å².